The first-order chi connectivity index (χ1) is 8.42. The highest BCUT2D eigenvalue weighted by atomic mass is 32.1. The Morgan fingerprint density at radius 1 is 1.41 bits per heavy atom. The first-order valence-electron chi connectivity index (χ1n) is 6.61. The van der Waals surface area contributed by atoms with Crippen molar-refractivity contribution in [3.8, 4) is 0 Å². The highest BCUT2D eigenvalue weighted by Crippen LogP contribution is 2.28. The molecule has 1 unspecified atom stereocenters. The molecule has 0 saturated heterocycles. The van der Waals surface area contributed by atoms with E-state index in [1.54, 1.807) is 0 Å². The van der Waals surface area contributed by atoms with Crippen LogP contribution in [-0.4, -0.2) is 15.3 Å². The van der Waals surface area contributed by atoms with Crippen LogP contribution >= 0.6 is 11.7 Å². The van der Waals surface area contributed by atoms with Crippen LogP contribution in [0.4, 0.5) is 0 Å². The van der Waals surface area contributed by atoms with Crippen molar-refractivity contribution in [1.82, 2.24) is 14.1 Å². The Morgan fingerprint density at radius 3 is 3.12 bits per heavy atom. The lowest BCUT2D eigenvalue weighted by molar-refractivity contribution is 0.559. The van der Waals surface area contributed by atoms with Gasteiger partial charge < -0.3 is 5.32 Å². The highest BCUT2D eigenvalue weighted by molar-refractivity contribution is 6.99. The molecule has 0 bridgehead atoms. The fourth-order valence-corrected chi connectivity index (χ4v) is 2.76. The topological polar surface area (TPSA) is 37.8 Å². The fraction of sp³-hybridized carbons (Fsp3) is 0.692. The van der Waals surface area contributed by atoms with Crippen molar-refractivity contribution >= 4 is 11.7 Å². The molecule has 3 nitrogen and oxygen atoms in total. The molecule has 94 valence electrons. The van der Waals surface area contributed by atoms with E-state index in [1.807, 2.05) is 6.20 Å². The van der Waals surface area contributed by atoms with Gasteiger partial charge >= 0.3 is 0 Å². The van der Waals surface area contributed by atoms with Crippen LogP contribution in [0.3, 0.4) is 0 Å². The lowest BCUT2D eigenvalue weighted by Crippen LogP contribution is -2.24. The Bertz CT molecular complexity index is 346. The van der Waals surface area contributed by atoms with Gasteiger partial charge in [0.1, 0.15) is 0 Å². The Morgan fingerprint density at radius 2 is 2.35 bits per heavy atom. The van der Waals surface area contributed by atoms with Crippen LogP contribution in [0.1, 0.15) is 57.2 Å². The Hall–Kier alpha value is -0.740. The zero-order chi connectivity index (χ0) is 11.9. The Kier molecular flexibility index (Phi) is 5.13. The number of allylic oxidation sites excluding steroid dienone is 1. The van der Waals surface area contributed by atoms with Gasteiger partial charge in [0, 0.05) is 0 Å². The predicted octanol–water partition coefficient (Wildman–Crippen LogP) is 3.47. The minimum atomic E-state index is 0.298. The van der Waals surface area contributed by atoms with E-state index in [4.69, 9.17) is 0 Å². The summed E-state index contributed by atoms with van der Waals surface area (Å²) >= 11 is 1.30. The van der Waals surface area contributed by atoms with E-state index >= 15 is 0 Å². The summed E-state index contributed by atoms with van der Waals surface area (Å²) in [4.78, 5) is 0. The first kappa shape index (κ1) is 12.7. The van der Waals surface area contributed by atoms with Gasteiger partial charge in [0.05, 0.1) is 29.7 Å². The van der Waals surface area contributed by atoms with Crippen molar-refractivity contribution in [3.05, 3.63) is 23.5 Å². The smallest absolute Gasteiger partial charge is 0.0954 e. The number of nitrogens with one attached hydrogen (secondary N) is 1. The first-order valence-corrected chi connectivity index (χ1v) is 7.34. The summed E-state index contributed by atoms with van der Waals surface area (Å²) in [6, 6.07) is 0.298. The van der Waals surface area contributed by atoms with Crippen LogP contribution in [-0.2, 0) is 0 Å². The zero-order valence-corrected chi connectivity index (χ0v) is 11.3. The second kappa shape index (κ2) is 6.87. The van der Waals surface area contributed by atoms with E-state index in [9.17, 15) is 0 Å². The molecular formula is C13H21N3S. The molecule has 0 fully saturated rings. The molecule has 1 aliphatic rings. The summed E-state index contributed by atoms with van der Waals surface area (Å²) in [6.07, 6.45) is 11.9. The minimum Gasteiger partial charge on any atom is -0.305 e. The van der Waals surface area contributed by atoms with Crippen LogP contribution in [0, 0.1) is 0 Å². The van der Waals surface area contributed by atoms with Crippen molar-refractivity contribution < 1.29 is 0 Å². The van der Waals surface area contributed by atoms with Gasteiger partial charge in [0.25, 0.3) is 0 Å². The van der Waals surface area contributed by atoms with E-state index in [-0.39, 0.29) is 0 Å². The molecule has 0 aliphatic heterocycles. The van der Waals surface area contributed by atoms with Gasteiger partial charge in [-0.05, 0) is 38.6 Å². The molecule has 17 heavy (non-hydrogen) atoms. The molecule has 1 aliphatic carbocycles. The molecule has 1 heterocycles. The molecule has 1 N–H and O–H groups in total. The quantitative estimate of drug-likeness (QED) is 0.814. The van der Waals surface area contributed by atoms with Gasteiger partial charge in [-0.3, -0.25) is 0 Å². The van der Waals surface area contributed by atoms with Crippen molar-refractivity contribution in [2.75, 3.05) is 6.54 Å². The van der Waals surface area contributed by atoms with Crippen LogP contribution < -0.4 is 5.32 Å². The number of aromatic nitrogens is 2. The summed E-state index contributed by atoms with van der Waals surface area (Å²) in [5.74, 6) is 0. The third-order valence-corrected chi connectivity index (χ3v) is 3.71. The molecule has 0 radical (unpaired) electrons. The highest BCUT2D eigenvalue weighted by Gasteiger charge is 2.19. The van der Waals surface area contributed by atoms with Crippen LogP contribution in [0.25, 0.3) is 0 Å². The maximum Gasteiger partial charge on any atom is 0.0954 e. The number of nitrogens with zero attached hydrogens (tertiary/aromatic N) is 2. The maximum absolute atomic E-state index is 4.40. The molecule has 1 aromatic rings. The number of hydrogen-bond donors (Lipinski definition) is 1. The second-order valence-electron chi connectivity index (χ2n) is 4.60. The summed E-state index contributed by atoms with van der Waals surface area (Å²) < 4.78 is 8.54. The summed E-state index contributed by atoms with van der Waals surface area (Å²) in [5.41, 5.74) is 2.61. The second-order valence-corrected chi connectivity index (χ2v) is 5.15. The normalized spacial score (nSPS) is 18.5. The number of rotatable bonds is 5. The monoisotopic (exact) mass is 251 g/mol. The van der Waals surface area contributed by atoms with Gasteiger partial charge in [-0.1, -0.05) is 25.0 Å². The van der Waals surface area contributed by atoms with Gasteiger partial charge in [0.2, 0.25) is 0 Å². The van der Waals surface area contributed by atoms with Crippen LogP contribution in [0.15, 0.2) is 17.8 Å². The average Bonchev–Trinajstić information content (AvgIpc) is 2.73. The SMILES string of the molecule is CCCNC(C1=CCCCCC1)c1cnsn1. The third-order valence-electron chi connectivity index (χ3n) is 3.22. The summed E-state index contributed by atoms with van der Waals surface area (Å²) in [6.45, 7) is 3.24. The van der Waals surface area contributed by atoms with Gasteiger partial charge in [-0.15, -0.1) is 0 Å². The molecule has 4 heteroatoms. The van der Waals surface area contributed by atoms with Crippen LogP contribution in [0.2, 0.25) is 0 Å². The molecular weight excluding hydrogens is 230 g/mol. The van der Waals surface area contributed by atoms with Crippen LogP contribution in [0.5, 0.6) is 0 Å². The average molecular weight is 251 g/mol. The van der Waals surface area contributed by atoms with E-state index in [0.29, 0.717) is 6.04 Å². The fourth-order valence-electron chi connectivity index (χ4n) is 2.32. The van der Waals surface area contributed by atoms with Crippen molar-refractivity contribution in [3.63, 3.8) is 0 Å². The van der Waals surface area contributed by atoms with E-state index in [2.05, 4.69) is 27.1 Å². The van der Waals surface area contributed by atoms with Crippen molar-refractivity contribution in [2.24, 2.45) is 0 Å². The van der Waals surface area contributed by atoms with Gasteiger partial charge in [0.15, 0.2) is 0 Å². The van der Waals surface area contributed by atoms with E-state index in [0.717, 1.165) is 18.7 Å². The van der Waals surface area contributed by atoms with Crippen molar-refractivity contribution in [1.29, 1.82) is 0 Å². The Balaban J connectivity index is 2.11. The minimum absolute atomic E-state index is 0.298. The molecule has 2 rings (SSSR count). The lowest BCUT2D eigenvalue weighted by Gasteiger charge is -2.19. The number of hydrogen-bond acceptors (Lipinski definition) is 4. The molecule has 0 saturated carbocycles. The zero-order valence-electron chi connectivity index (χ0n) is 10.5. The van der Waals surface area contributed by atoms with Gasteiger partial charge in [-0.25, -0.2) is 0 Å². The lowest BCUT2D eigenvalue weighted by atomic mass is 9.99. The Labute approximate surface area is 108 Å². The summed E-state index contributed by atoms with van der Waals surface area (Å²) in [7, 11) is 0. The molecule has 0 aromatic carbocycles. The van der Waals surface area contributed by atoms with Gasteiger partial charge in [-0.2, -0.15) is 8.75 Å². The molecule has 0 amide bonds. The predicted molar refractivity (Wildman–Crippen MR) is 72.1 cm³/mol. The summed E-state index contributed by atoms with van der Waals surface area (Å²) in [5, 5.41) is 3.61. The standard InChI is InChI=1S/C13H21N3S/c1-2-9-14-13(12-10-15-17-16-12)11-7-5-3-4-6-8-11/h7,10,13-14H,2-6,8-9H2,1H3. The van der Waals surface area contributed by atoms with E-state index < -0.39 is 0 Å². The molecule has 0 spiro atoms. The van der Waals surface area contributed by atoms with E-state index in [1.165, 1.54) is 49.4 Å². The van der Waals surface area contributed by atoms with Crippen molar-refractivity contribution in [2.45, 2.75) is 51.5 Å². The third kappa shape index (κ3) is 3.61. The largest absolute Gasteiger partial charge is 0.305 e. The maximum atomic E-state index is 4.40. The molecule has 1 atom stereocenters. The molecule has 1 aromatic heterocycles.